The molecule has 2 aliphatic heterocycles. The summed E-state index contributed by atoms with van der Waals surface area (Å²) in [6.45, 7) is 1.93. The van der Waals surface area contributed by atoms with Gasteiger partial charge in [0.15, 0.2) is 0 Å². The smallest absolute Gasteiger partial charge is 0.329 e. The first-order valence-electron chi connectivity index (χ1n) is 11.6. The lowest BCUT2D eigenvalue weighted by Crippen LogP contribution is -2.50. The zero-order valence-electron chi connectivity index (χ0n) is 18.2. The number of anilines is 1. The van der Waals surface area contributed by atoms with Gasteiger partial charge >= 0.3 is 6.03 Å². The topological polar surface area (TPSA) is 113 Å². The molecule has 3 fully saturated rings. The van der Waals surface area contributed by atoms with Gasteiger partial charge < -0.3 is 10.6 Å². The number of carbonyl (C=O) groups excluding carboxylic acids is 3. The lowest BCUT2D eigenvalue weighted by atomic mass is 9.84. The van der Waals surface area contributed by atoms with Crippen molar-refractivity contribution in [3.8, 4) is 0 Å². The summed E-state index contributed by atoms with van der Waals surface area (Å²) in [5.41, 5.74) is 7.97. The van der Waals surface area contributed by atoms with Crippen molar-refractivity contribution in [1.82, 2.24) is 19.6 Å². The number of nitrogens with zero attached hydrogens (tertiary/aromatic N) is 4. The molecule has 32 heavy (non-hydrogen) atoms. The molecule has 9 nitrogen and oxygen atoms in total. The van der Waals surface area contributed by atoms with Gasteiger partial charge in [-0.3, -0.25) is 24.2 Å². The van der Waals surface area contributed by atoms with E-state index in [9.17, 15) is 14.4 Å². The summed E-state index contributed by atoms with van der Waals surface area (Å²) in [4.78, 5) is 44.6. The van der Waals surface area contributed by atoms with Gasteiger partial charge in [-0.2, -0.15) is 0 Å². The number of carbonyl (C=O) groups is 3. The quantitative estimate of drug-likeness (QED) is 0.761. The highest BCUT2D eigenvalue weighted by molar-refractivity contribution is 6.05. The highest BCUT2D eigenvalue weighted by Crippen LogP contribution is 2.32. The first-order valence-corrected chi connectivity index (χ1v) is 11.6. The largest absolute Gasteiger partial charge is 0.342 e. The second-order valence-corrected chi connectivity index (χ2v) is 9.27. The number of aromatic nitrogens is 2. The molecule has 3 N–H and O–H groups in total. The zero-order valence-corrected chi connectivity index (χ0v) is 18.2. The molecule has 0 aromatic carbocycles. The number of imidazole rings is 1. The van der Waals surface area contributed by atoms with E-state index in [0.717, 1.165) is 57.3 Å². The van der Waals surface area contributed by atoms with Crippen LogP contribution in [0, 0.1) is 5.92 Å². The van der Waals surface area contributed by atoms with Crippen LogP contribution in [0.4, 0.5) is 10.6 Å². The van der Waals surface area contributed by atoms with Gasteiger partial charge in [0, 0.05) is 44.2 Å². The van der Waals surface area contributed by atoms with Crippen LogP contribution in [0.3, 0.4) is 0 Å². The number of nitrogens with two attached hydrogens (primary N) is 1. The molecular formula is C23H30N6O3. The van der Waals surface area contributed by atoms with E-state index in [1.807, 2.05) is 15.5 Å². The molecule has 9 heteroatoms. The molecule has 0 unspecified atom stereocenters. The maximum Gasteiger partial charge on any atom is 0.329 e. The third-order valence-corrected chi connectivity index (χ3v) is 7.25. The molecule has 2 saturated heterocycles. The number of imide groups is 1. The monoisotopic (exact) mass is 438 g/mol. The second-order valence-electron chi connectivity index (χ2n) is 9.27. The summed E-state index contributed by atoms with van der Waals surface area (Å²) < 4.78 is 1.88. The minimum atomic E-state index is -0.413. The number of amides is 4. The summed E-state index contributed by atoms with van der Waals surface area (Å²) in [6, 6.07) is 4.00. The summed E-state index contributed by atoms with van der Waals surface area (Å²) in [5.74, 6) is 1.25. The molecule has 4 amide bonds. The molecule has 0 bridgehead atoms. The minimum Gasteiger partial charge on any atom is -0.342 e. The fourth-order valence-corrected chi connectivity index (χ4v) is 5.28. The van der Waals surface area contributed by atoms with E-state index in [1.54, 1.807) is 11.1 Å². The molecule has 0 radical (unpaired) electrons. The Kier molecular flexibility index (Phi) is 5.58. The van der Waals surface area contributed by atoms with Crippen molar-refractivity contribution in [1.29, 1.82) is 0 Å². The van der Waals surface area contributed by atoms with Crippen molar-refractivity contribution >= 4 is 29.3 Å². The standard InChI is InChI=1S/C23H30N6O3/c24-18-3-1-16(2-4-18)22(31)27-9-5-15(6-10-27)17-7-11-28-19(13-17)25-14-21(28)29-12-8-20(30)26-23(29)32/h7,11,13-16,18H,1-6,8-10,12,24H2,(H,26,30,32). The molecule has 4 heterocycles. The van der Waals surface area contributed by atoms with Gasteiger partial charge in [0.1, 0.15) is 11.5 Å². The van der Waals surface area contributed by atoms with Crippen LogP contribution in [-0.2, 0) is 9.59 Å². The van der Waals surface area contributed by atoms with Crippen LogP contribution in [-0.4, -0.2) is 57.8 Å². The van der Waals surface area contributed by atoms with Gasteiger partial charge in [-0.1, -0.05) is 0 Å². The Morgan fingerprint density at radius 2 is 1.81 bits per heavy atom. The van der Waals surface area contributed by atoms with Crippen LogP contribution in [0.1, 0.15) is 56.4 Å². The molecule has 2 aromatic rings. The fraction of sp³-hybridized carbons (Fsp3) is 0.565. The number of fused-ring (bicyclic) bond motifs is 1. The Morgan fingerprint density at radius 3 is 2.53 bits per heavy atom. The van der Waals surface area contributed by atoms with Gasteiger partial charge in [0.2, 0.25) is 11.8 Å². The van der Waals surface area contributed by atoms with E-state index in [0.29, 0.717) is 24.2 Å². The number of urea groups is 1. The van der Waals surface area contributed by atoms with E-state index in [-0.39, 0.29) is 24.3 Å². The number of hydrogen-bond acceptors (Lipinski definition) is 5. The van der Waals surface area contributed by atoms with Gasteiger partial charge in [0.25, 0.3) is 0 Å². The van der Waals surface area contributed by atoms with Crippen LogP contribution in [0.2, 0.25) is 0 Å². The average Bonchev–Trinajstić information content (AvgIpc) is 3.22. The Bertz CT molecular complexity index is 1030. The third kappa shape index (κ3) is 3.97. The van der Waals surface area contributed by atoms with E-state index in [4.69, 9.17) is 5.73 Å². The molecule has 0 atom stereocenters. The number of nitrogens with one attached hydrogen (secondary N) is 1. The summed E-state index contributed by atoms with van der Waals surface area (Å²) in [5, 5.41) is 2.35. The predicted molar refractivity (Wildman–Crippen MR) is 119 cm³/mol. The van der Waals surface area contributed by atoms with Crippen molar-refractivity contribution in [3.05, 3.63) is 30.1 Å². The Hall–Kier alpha value is -2.94. The van der Waals surface area contributed by atoms with Gasteiger partial charge in [-0.15, -0.1) is 0 Å². The number of likely N-dealkylation sites (tertiary alicyclic amines) is 1. The second kappa shape index (κ2) is 8.54. The first kappa shape index (κ1) is 20.9. The molecule has 3 aliphatic rings. The van der Waals surface area contributed by atoms with Crippen LogP contribution >= 0.6 is 0 Å². The highest BCUT2D eigenvalue weighted by Gasteiger charge is 2.31. The van der Waals surface area contributed by atoms with Crippen molar-refractivity contribution < 1.29 is 14.4 Å². The van der Waals surface area contributed by atoms with E-state index >= 15 is 0 Å². The lowest BCUT2D eigenvalue weighted by Gasteiger charge is -2.36. The Labute approximate surface area is 186 Å². The average molecular weight is 439 g/mol. The minimum absolute atomic E-state index is 0.147. The summed E-state index contributed by atoms with van der Waals surface area (Å²) in [7, 11) is 0. The first-order chi connectivity index (χ1) is 15.5. The molecular weight excluding hydrogens is 408 g/mol. The van der Waals surface area contributed by atoms with E-state index < -0.39 is 6.03 Å². The van der Waals surface area contributed by atoms with Gasteiger partial charge in [0.05, 0.1) is 6.20 Å². The highest BCUT2D eigenvalue weighted by atomic mass is 16.2. The summed E-state index contributed by atoms with van der Waals surface area (Å²) in [6.07, 6.45) is 9.53. The molecule has 0 spiro atoms. The van der Waals surface area contributed by atoms with E-state index in [2.05, 4.69) is 22.4 Å². The maximum atomic E-state index is 12.9. The fourth-order valence-electron chi connectivity index (χ4n) is 5.28. The number of rotatable bonds is 3. The third-order valence-electron chi connectivity index (χ3n) is 7.25. The maximum absolute atomic E-state index is 12.9. The van der Waals surface area contributed by atoms with Crippen LogP contribution in [0.15, 0.2) is 24.5 Å². The SMILES string of the molecule is NC1CCC(C(=O)N2CCC(c3ccn4c(N5CCC(=O)NC5=O)cnc4c3)CC2)CC1. The molecule has 5 rings (SSSR count). The summed E-state index contributed by atoms with van der Waals surface area (Å²) >= 11 is 0. The van der Waals surface area contributed by atoms with Crippen LogP contribution < -0.4 is 16.0 Å². The normalized spacial score (nSPS) is 25.3. The number of piperidine rings is 1. The Balaban J connectivity index is 1.24. The lowest BCUT2D eigenvalue weighted by molar-refractivity contribution is -0.137. The van der Waals surface area contributed by atoms with Crippen LogP contribution in [0.25, 0.3) is 5.65 Å². The van der Waals surface area contributed by atoms with E-state index in [1.165, 1.54) is 5.56 Å². The van der Waals surface area contributed by atoms with Gasteiger partial charge in [-0.05, 0) is 62.1 Å². The molecule has 170 valence electrons. The molecule has 1 saturated carbocycles. The van der Waals surface area contributed by atoms with Crippen molar-refractivity contribution in [2.24, 2.45) is 11.7 Å². The van der Waals surface area contributed by atoms with Gasteiger partial charge in [-0.25, -0.2) is 9.78 Å². The predicted octanol–water partition coefficient (Wildman–Crippen LogP) is 2.00. The van der Waals surface area contributed by atoms with Crippen LogP contribution in [0.5, 0.6) is 0 Å². The van der Waals surface area contributed by atoms with Crippen molar-refractivity contribution in [2.75, 3.05) is 24.5 Å². The van der Waals surface area contributed by atoms with Crippen molar-refractivity contribution in [3.63, 3.8) is 0 Å². The zero-order chi connectivity index (χ0) is 22.2. The van der Waals surface area contributed by atoms with Crippen molar-refractivity contribution in [2.45, 2.75) is 56.9 Å². The molecule has 2 aromatic heterocycles. The number of pyridine rings is 1. The molecule has 1 aliphatic carbocycles. The Morgan fingerprint density at radius 1 is 1.06 bits per heavy atom. The number of hydrogen-bond donors (Lipinski definition) is 2.